The molecule has 3 aromatic rings. The fourth-order valence-corrected chi connectivity index (χ4v) is 5.46. The molecule has 0 radical (unpaired) electrons. The molecular weight excluding hydrogens is 368 g/mol. The molecule has 0 amide bonds. The van der Waals surface area contributed by atoms with E-state index in [4.69, 9.17) is 5.10 Å². The molecule has 4 rings (SSSR count). The van der Waals surface area contributed by atoms with Crippen LogP contribution in [-0.2, 0) is 9.84 Å². The Balaban J connectivity index is 1.74. The number of para-hydroxylation sites is 1. The van der Waals surface area contributed by atoms with Crippen LogP contribution in [0.25, 0.3) is 0 Å². The highest BCUT2D eigenvalue weighted by atomic mass is 32.2. The maximum absolute atomic E-state index is 13.1. The quantitative estimate of drug-likeness (QED) is 0.643. The zero-order valence-corrected chi connectivity index (χ0v) is 16.5. The van der Waals surface area contributed by atoms with Gasteiger partial charge in [0, 0.05) is 6.42 Å². The molecule has 1 aliphatic rings. The van der Waals surface area contributed by atoms with Crippen molar-refractivity contribution in [2.75, 3.05) is 10.8 Å². The topological polar surface area (TPSA) is 49.7 Å². The van der Waals surface area contributed by atoms with E-state index in [1.807, 2.05) is 78.7 Å². The molecule has 142 valence electrons. The van der Waals surface area contributed by atoms with Crippen molar-refractivity contribution in [3.8, 4) is 0 Å². The average molecular weight is 391 g/mol. The Hall–Kier alpha value is -2.92. The van der Waals surface area contributed by atoms with E-state index in [0.717, 1.165) is 17.0 Å². The summed E-state index contributed by atoms with van der Waals surface area (Å²) in [4.78, 5) is 0.345. The van der Waals surface area contributed by atoms with E-state index < -0.39 is 15.4 Å². The van der Waals surface area contributed by atoms with Crippen LogP contribution in [0.1, 0.15) is 18.9 Å². The average Bonchev–Trinajstić information content (AvgIpc) is 3.06. The highest BCUT2D eigenvalue weighted by molar-refractivity contribution is 7.91. The van der Waals surface area contributed by atoms with Crippen molar-refractivity contribution in [2.45, 2.75) is 23.8 Å². The number of benzene rings is 3. The Morgan fingerprint density at radius 1 is 0.857 bits per heavy atom. The number of anilines is 1. The van der Waals surface area contributed by atoms with Crippen LogP contribution >= 0.6 is 0 Å². The number of nitrogens with zero attached hydrogens (tertiary/aromatic N) is 2. The van der Waals surface area contributed by atoms with Crippen LogP contribution in [0.15, 0.2) is 101 Å². The lowest BCUT2D eigenvalue weighted by Gasteiger charge is -2.34. The summed E-state index contributed by atoms with van der Waals surface area (Å²) in [5.74, 6) is -0.0151. The van der Waals surface area contributed by atoms with Crippen molar-refractivity contribution in [3.05, 3.63) is 96.6 Å². The van der Waals surface area contributed by atoms with Crippen LogP contribution in [0.3, 0.4) is 0 Å². The molecule has 0 bridgehead atoms. The highest BCUT2D eigenvalue weighted by Gasteiger charge is 2.43. The van der Waals surface area contributed by atoms with E-state index in [1.54, 1.807) is 24.3 Å². The minimum absolute atomic E-state index is 0.0151. The minimum Gasteiger partial charge on any atom is -0.258 e. The molecule has 28 heavy (non-hydrogen) atoms. The smallest absolute Gasteiger partial charge is 0.180 e. The number of sulfone groups is 1. The van der Waals surface area contributed by atoms with E-state index in [1.165, 1.54) is 0 Å². The Morgan fingerprint density at radius 2 is 1.39 bits per heavy atom. The van der Waals surface area contributed by atoms with Crippen molar-refractivity contribution < 1.29 is 8.42 Å². The first-order valence-electron chi connectivity index (χ1n) is 9.24. The Kier molecular flexibility index (Phi) is 4.77. The van der Waals surface area contributed by atoms with Gasteiger partial charge in [-0.05, 0) is 36.8 Å². The van der Waals surface area contributed by atoms with Crippen LogP contribution in [0.4, 0.5) is 5.69 Å². The van der Waals surface area contributed by atoms with E-state index in [2.05, 4.69) is 0 Å². The zero-order chi connectivity index (χ0) is 19.6. The molecule has 1 heterocycles. The maximum atomic E-state index is 13.1. The van der Waals surface area contributed by atoms with Crippen molar-refractivity contribution in [1.82, 2.24) is 0 Å². The van der Waals surface area contributed by atoms with Gasteiger partial charge in [0.15, 0.2) is 9.84 Å². The molecule has 1 atom stereocenters. The third kappa shape index (κ3) is 3.58. The number of hydrogen-bond donors (Lipinski definition) is 0. The van der Waals surface area contributed by atoms with Gasteiger partial charge in [0.25, 0.3) is 0 Å². The molecule has 0 spiro atoms. The van der Waals surface area contributed by atoms with Gasteiger partial charge in [-0.3, -0.25) is 5.01 Å². The van der Waals surface area contributed by atoms with Gasteiger partial charge in [0.1, 0.15) is 0 Å². The molecule has 1 aliphatic heterocycles. The first kappa shape index (κ1) is 18.4. The monoisotopic (exact) mass is 390 g/mol. The van der Waals surface area contributed by atoms with E-state index in [0.29, 0.717) is 11.3 Å². The molecule has 0 unspecified atom stereocenters. The van der Waals surface area contributed by atoms with Crippen molar-refractivity contribution >= 4 is 21.2 Å². The first-order valence-corrected chi connectivity index (χ1v) is 10.9. The SMILES string of the molecule is C[C@@]1(CS(=O)(=O)c2ccccc2)CC(c2ccccc2)=NN1c1ccccc1. The summed E-state index contributed by atoms with van der Waals surface area (Å²) in [6, 6.07) is 28.3. The van der Waals surface area contributed by atoms with Crippen molar-refractivity contribution in [1.29, 1.82) is 0 Å². The second kappa shape index (κ2) is 7.24. The second-order valence-corrected chi connectivity index (χ2v) is 9.30. The summed E-state index contributed by atoms with van der Waals surface area (Å²) in [6.45, 7) is 1.97. The fourth-order valence-electron chi connectivity index (χ4n) is 3.67. The van der Waals surface area contributed by atoms with Gasteiger partial charge >= 0.3 is 0 Å². The second-order valence-electron chi connectivity index (χ2n) is 7.31. The Bertz CT molecular complexity index is 1080. The number of rotatable bonds is 5. The lowest BCUT2D eigenvalue weighted by Crippen LogP contribution is -2.46. The standard InChI is InChI=1S/C23H22N2O2S/c1-23(18-28(26,27)21-15-9-4-10-16-21)17-22(19-11-5-2-6-12-19)24-25(23)20-13-7-3-8-14-20/h2-16H,17-18H2,1H3/t23-/m0/s1. The molecule has 0 aromatic heterocycles. The summed E-state index contributed by atoms with van der Waals surface area (Å²) in [5, 5.41) is 6.72. The van der Waals surface area contributed by atoms with E-state index in [9.17, 15) is 8.42 Å². The van der Waals surface area contributed by atoms with Crippen LogP contribution in [0.2, 0.25) is 0 Å². The van der Waals surface area contributed by atoms with Gasteiger partial charge in [0.05, 0.1) is 27.6 Å². The highest BCUT2D eigenvalue weighted by Crippen LogP contribution is 2.36. The van der Waals surface area contributed by atoms with Gasteiger partial charge < -0.3 is 0 Å². The maximum Gasteiger partial charge on any atom is 0.180 e. The predicted octanol–water partition coefficient (Wildman–Crippen LogP) is 4.53. The van der Waals surface area contributed by atoms with Crippen LogP contribution in [0, 0.1) is 0 Å². The minimum atomic E-state index is -3.46. The Labute approximate surface area is 166 Å². The van der Waals surface area contributed by atoms with Crippen LogP contribution in [-0.4, -0.2) is 25.4 Å². The fraction of sp³-hybridized carbons (Fsp3) is 0.174. The van der Waals surface area contributed by atoms with Gasteiger partial charge in [-0.2, -0.15) is 5.10 Å². The largest absolute Gasteiger partial charge is 0.258 e. The molecule has 5 heteroatoms. The lowest BCUT2D eigenvalue weighted by atomic mass is 9.94. The van der Waals surface area contributed by atoms with Gasteiger partial charge in [-0.15, -0.1) is 0 Å². The molecule has 0 fully saturated rings. The van der Waals surface area contributed by atoms with Crippen molar-refractivity contribution in [2.24, 2.45) is 5.10 Å². The molecule has 4 nitrogen and oxygen atoms in total. The van der Waals surface area contributed by atoms with E-state index >= 15 is 0 Å². The van der Waals surface area contributed by atoms with Gasteiger partial charge in [-0.1, -0.05) is 66.7 Å². The summed E-state index contributed by atoms with van der Waals surface area (Å²) in [6.07, 6.45) is 0.554. The first-order chi connectivity index (χ1) is 13.5. The van der Waals surface area contributed by atoms with E-state index in [-0.39, 0.29) is 5.75 Å². The molecule has 0 saturated heterocycles. The normalized spacial score (nSPS) is 19.5. The predicted molar refractivity (Wildman–Crippen MR) is 113 cm³/mol. The third-order valence-corrected chi connectivity index (χ3v) is 6.98. The molecule has 3 aromatic carbocycles. The summed E-state index contributed by atoms with van der Waals surface area (Å²) in [5.41, 5.74) is 2.12. The third-order valence-electron chi connectivity index (χ3n) is 4.99. The van der Waals surface area contributed by atoms with Crippen LogP contribution in [0.5, 0.6) is 0 Å². The summed E-state index contributed by atoms with van der Waals surface area (Å²) >= 11 is 0. The number of hydrogen-bond acceptors (Lipinski definition) is 4. The number of hydrazone groups is 1. The summed E-state index contributed by atoms with van der Waals surface area (Å²) < 4.78 is 26.3. The zero-order valence-electron chi connectivity index (χ0n) is 15.7. The van der Waals surface area contributed by atoms with Crippen LogP contribution < -0.4 is 5.01 Å². The van der Waals surface area contributed by atoms with Crippen molar-refractivity contribution in [3.63, 3.8) is 0 Å². The molecular formula is C23H22N2O2S. The van der Waals surface area contributed by atoms with Gasteiger partial charge in [-0.25, -0.2) is 8.42 Å². The molecule has 0 aliphatic carbocycles. The van der Waals surface area contributed by atoms with Gasteiger partial charge in [0.2, 0.25) is 0 Å². The molecule has 0 N–H and O–H groups in total. The summed E-state index contributed by atoms with van der Waals surface area (Å²) in [7, 11) is -3.46. The molecule has 0 saturated carbocycles. The lowest BCUT2D eigenvalue weighted by molar-refractivity contribution is 0.502. The Morgan fingerprint density at radius 3 is 2.00 bits per heavy atom.